The Balaban J connectivity index is 1.64. The van der Waals surface area contributed by atoms with Crippen LogP contribution in [-0.4, -0.2) is 21.4 Å². The topological polar surface area (TPSA) is 81.2 Å². The van der Waals surface area contributed by atoms with Gasteiger partial charge in [0.2, 0.25) is 5.91 Å². The van der Waals surface area contributed by atoms with Gasteiger partial charge in [-0.05, 0) is 31.2 Å². The SMILES string of the molecule is C[C@H](Sc1nnc(-c2ccco2)o1)C(=O)Nc1ccccc1Cl. The number of para-hydroxylation sites is 1. The summed E-state index contributed by atoms with van der Waals surface area (Å²) in [6, 6.07) is 10.5. The molecule has 0 aliphatic carbocycles. The molecule has 2 aromatic heterocycles. The van der Waals surface area contributed by atoms with Gasteiger partial charge in [0.1, 0.15) is 0 Å². The lowest BCUT2D eigenvalue weighted by molar-refractivity contribution is -0.115. The molecule has 1 aromatic carbocycles. The summed E-state index contributed by atoms with van der Waals surface area (Å²) in [4.78, 5) is 12.2. The first kappa shape index (κ1) is 15.6. The number of nitrogens with one attached hydrogen (secondary N) is 1. The Kier molecular flexibility index (Phi) is 4.68. The first-order valence-corrected chi connectivity index (χ1v) is 7.98. The van der Waals surface area contributed by atoms with Crippen molar-refractivity contribution in [1.29, 1.82) is 0 Å². The molecule has 3 rings (SSSR count). The van der Waals surface area contributed by atoms with Crippen LogP contribution in [-0.2, 0) is 4.79 Å². The Labute approximate surface area is 141 Å². The minimum absolute atomic E-state index is 0.208. The van der Waals surface area contributed by atoms with Crippen molar-refractivity contribution in [3.8, 4) is 11.7 Å². The molecule has 0 aliphatic heterocycles. The fraction of sp³-hybridized carbons (Fsp3) is 0.133. The second-order valence-corrected chi connectivity index (χ2v) is 6.28. The molecule has 0 spiro atoms. The van der Waals surface area contributed by atoms with Crippen LogP contribution in [0.15, 0.2) is 56.7 Å². The summed E-state index contributed by atoms with van der Waals surface area (Å²) in [5, 5.41) is 10.9. The van der Waals surface area contributed by atoms with Gasteiger partial charge in [0.25, 0.3) is 11.1 Å². The molecule has 1 N–H and O–H groups in total. The van der Waals surface area contributed by atoms with Crippen LogP contribution in [0.5, 0.6) is 0 Å². The van der Waals surface area contributed by atoms with Crippen LogP contribution in [0.2, 0.25) is 5.02 Å². The van der Waals surface area contributed by atoms with Gasteiger partial charge in [-0.1, -0.05) is 35.5 Å². The van der Waals surface area contributed by atoms with Crippen molar-refractivity contribution < 1.29 is 13.6 Å². The van der Waals surface area contributed by atoms with E-state index in [4.69, 9.17) is 20.4 Å². The summed E-state index contributed by atoms with van der Waals surface area (Å²) in [5.41, 5.74) is 0.563. The van der Waals surface area contributed by atoms with Crippen LogP contribution in [0, 0.1) is 0 Å². The summed E-state index contributed by atoms with van der Waals surface area (Å²) in [6.07, 6.45) is 1.52. The summed E-state index contributed by atoms with van der Waals surface area (Å²) in [7, 11) is 0. The fourth-order valence-electron chi connectivity index (χ4n) is 1.76. The van der Waals surface area contributed by atoms with Crippen molar-refractivity contribution in [2.24, 2.45) is 0 Å². The fourth-order valence-corrected chi connectivity index (χ4v) is 2.63. The first-order chi connectivity index (χ1) is 11.1. The molecule has 1 atom stereocenters. The molecular formula is C15H12ClN3O3S. The van der Waals surface area contributed by atoms with E-state index in [9.17, 15) is 4.79 Å². The molecule has 8 heteroatoms. The maximum Gasteiger partial charge on any atom is 0.284 e. The number of furan rings is 1. The number of halogens is 1. The van der Waals surface area contributed by atoms with E-state index in [1.807, 2.05) is 0 Å². The zero-order valence-corrected chi connectivity index (χ0v) is 13.6. The Morgan fingerprint density at radius 3 is 2.83 bits per heavy atom. The van der Waals surface area contributed by atoms with Gasteiger partial charge in [0.15, 0.2) is 5.76 Å². The van der Waals surface area contributed by atoms with Crippen LogP contribution in [0.4, 0.5) is 5.69 Å². The molecule has 0 radical (unpaired) electrons. The number of thioether (sulfide) groups is 1. The number of carbonyl (C=O) groups is 1. The summed E-state index contributed by atoms with van der Waals surface area (Å²) >= 11 is 7.18. The van der Waals surface area contributed by atoms with Gasteiger partial charge in [-0.25, -0.2) is 0 Å². The van der Waals surface area contributed by atoms with Gasteiger partial charge in [0, 0.05) is 0 Å². The van der Waals surface area contributed by atoms with E-state index in [-0.39, 0.29) is 11.8 Å². The lowest BCUT2D eigenvalue weighted by atomic mass is 10.3. The molecule has 0 aliphatic rings. The lowest BCUT2D eigenvalue weighted by Crippen LogP contribution is -2.22. The molecule has 1 amide bonds. The number of anilines is 1. The maximum atomic E-state index is 12.2. The molecule has 0 saturated heterocycles. The highest BCUT2D eigenvalue weighted by atomic mass is 35.5. The van der Waals surface area contributed by atoms with E-state index >= 15 is 0 Å². The number of hydrogen-bond acceptors (Lipinski definition) is 6. The molecule has 0 fully saturated rings. The van der Waals surface area contributed by atoms with E-state index in [0.29, 0.717) is 21.7 Å². The summed E-state index contributed by atoms with van der Waals surface area (Å²) < 4.78 is 10.6. The van der Waals surface area contributed by atoms with Crippen molar-refractivity contribution in [3.63, 3.8) is 0 Å². The van der Waals surface area contributed by atoms with Gasteiger partial charge in [0.05, 0.1) is 22.2 Å². The molecule has 0 saturated carbocycles. The molecule has 0 unspecified atom stereocenters. The molecule has 6 nitrogen and oxygen atoms in total. The predicted octanol–water partition coefficient (Wildman–Crippen LogP) is 4.10. The molecule has 118 valence electrons. The number of rotatable bonds is 5. The van der Waals surface area contributed by atoms with Crippen molar-refractivity contribution in [3.05, 3.63) is 47.7 Å². The minimum Gasteiger partial charge on any atom is -0.459 e. The number of carbonyl (C=O) groups excluding carboxylic acids is 1. The van der Waals surface area contributed by atoms with E-state index in [2.05, 4.69) is 15.5 Å². The second kappa shape index (κ2) is 6.89. The Morgan fingerprint density at radius 1 is 1.26 bits per heavy atom. The number of amides is 1. The van der Waals surface area contributed by atoms with Crippen molar-refractivity contribution in [2.45, 2.75) is 17.4 Å². The molecule has 0 bridgehead atoms. The normalized spacial score (nSPS) is 12.1. The van der Waals surface area contributed by atoms with E-state index < -0.39 is 5.25 Å². The quantitative estimate of drug-likeness (QED) is 0.698. The van der Waals surface area contributed by atoms with E-state index in [1.54, 1.807) is 43.3 Å². The van der Waals surface area contributed by atoms with Gasteiger partial charge < -0.3 is 14.2 Å². The lowest BCUT2D eigenvalue weighted by Gasteiger charge is -2.10. The monoisotopic (exact) mass is 349 g/mol. The van der Waals surface area contributed by atoms with Crippen molar-refractivity contribution in [1.82, 2.24) is 10.2 Å². The van der Waals surface area contributed by atoms with Gasteiger partial charge >= 0.3 is 0 Å². The number of nitrogens with zero attached hydrogens (tertiary/aromatic N) is 2. The smallest absolute Gasteiger partial charge is 0.284 e. The average Bonchev–Trinajstić information content (AvgIpc) is 3.20. The minimum atomic E-state index is -0.434. The van der Waals surface area contributed by atoms with Crippen molar-refractivity contribution in [2.75, 3.05) is 5.32 Å². The van der Waals surface area contributed by atoms with Crippen LogP contribution < -0.4 is 5.32 Å². The zero-order chi connectivity index (χ0) is 16.2. The number of benzene rings is 1. The predicted molar refractivity (Wildman–Crippen MR) is 87.4 cm³/mol. The first-order valence-electron chi connectivity index (χ1n) is 6.73. The van der Waals surface area contributed by atoms with Crippen LogP contribution in [0.1, 0.15) is 6.92 Å². The molecular weight excluding hydrogens is 338 g/mol. The third-order valence-electron chi connectivity index (χ3n) is 2.92. The van der Waals surface area contributed by atoms with Gasteiger partial charge in [-0.15, -0.1) is 10.2 Å². The highest BCUT2D eigenvalue weighted by Crippen LogP contribution is 2.27. The third-order valence-corrected chi connectivity index (χ3v) is 4.18. The largest absolute Gasteiger partial charge is 0.459 e. The highest BCUT2D eigenvalue weighted by Gasteiger charge is 2.20. The standard InChI is InChI=1S/C15H12ClN3O3S/c1-9(13(20)17-11-6-3-2-5-10(11)16)23-15-19-18-14(22-15)12-7-4-8-21-12/h2-9H,1H3,(H,17,20)/t9-/m0/s1. The Bertz CT molecular complexity index is 804. The Morgan fingerprint density at radius 2 is 2.09 bits per heavy atom. The maximum absolute atomic E-state index is 12.2. The summed E-state index contributed by atoms with van der Waals surface area (Å²) in [5.74, 6) is 0.551. The van der Waals surface area contributed by atoms with Crippen LogP contribution in [0.25, 0.3) is 11.7 Å². The molecule has 3 aromatic rings. The van der Waals surface area contributed by atoms with Gasteiger partial charge in [-0.3, -0.25) is 4.79 Å². The molecule has 2 heterocycles. The highest BCUT2D eigenvalue weighted by molar-refractivity contribution is 8.00. The third kappa shape index (κ3) is 3.75. The van der Waals surface area contributed by atoms with Crippen LogP contribution >= 0.6 is 23.4 Å². The van der Waals surface area contributed by atoms with Crippen LogP contribution in [0.3, 0.4) is 0 Å². The number of aromatic nitrogens is 2. The Hall–Kier alpha value is -2.25. The zero-order valence-electron chi connectivity index (χ0n) is 12.0. The van der Waals surface area contributed by atoms with Gasteiger partial charge in [-0.2, -0.15) is 0 Å². The molecule has 23 heavy (non-hydrogen) atoms. The number of hydrogen-bond donors (Lipinski definition) is 1. The van der Waals surface area contributed by atoms with Crippen molar-refractivity contribution >= 4 is 35.0 Å². The van der Waals surface area contributed by atoms with E-state index in [0.717, 1.165) is 11.8 Å². The average molecular weight is 350 g/mol. The second-order valence-electron chi connectivity index (χ2n) is 4.58. The summed E-state index contributed by atoms with van der Waals surface area (Å²) in [6.45, 7) is 1.74. The van der Waals surface area contributed by atoms with E-state index in [1.165, 1.54) is 6.26 Å².